The molecule has 0 saturated carbocycles. The second-order valence-electron chi connectivity index (χ2n) is 6.82. The lowest BCUT2D eigenvalue weighted by atomic mass is 9.89. The zero-order chi connectivity index (χ0) is 18.7. The van der Waals surface area contributed by atoms with E-state index in [0.29, 0.717) is 0 Å². The molecule has 0 heterocycles. The third kappa shape index (κ3) is 3.91. The predicted octanol–water partition coefficient (Wildman–Crippen LogP) is 7.88. The Labute approximate surface area is 152 Å². The molecule has 0 bridgehead atoms. The van der Waals surface area contributed by atoms with Crippen LogP contribution in [0.3, 0.4) is 0 Å². The fourth-order valence-electron chi connectivity index (χ4n) is 3.02. The Bertz CT molecular complexity index is 875. The molecular weight excluding hydrogens is 300 g/mol. The summed E-state index contributed by atoms with van der Waals surface area (Å²) in [5.41, 5.74) is 11.4. The van der Waals surface area contributed by atoms with Crippen molar-refractivity contribution < 1.29 is 0 Å². The molecule has 0 unspecified atom stereocenters. The van der Waals surface area contributed by atoms with Crippen molar-refractivity contribution in [3.8, 4) is 11.1 Å². The molecule has 0 fully saturated rings. The van der Waals surface area contributed by atoms with Gasteiger partial charge in [-0.2, -0.15) is 0 Å². The van der Waals surface area contributed by atoms with Gasteiger partial charge in [0, 0.05) is 0 Å². The van der Waals surface area contributed by atoms with Gasteiger partial charge in [-0.3, -0.25) is 0 Å². The fourth-order valence-corrected chi connectivity index (χ4v) is 3.02. The first-order chi connectivity index (χ1) is 11.8. The van der Waals surface area contributed by atoms with Gasteiger partial charge in [0.15, 0.2) is 0 Å². The van der Waals surface area contributed by atoms with Crippen LogP contribution in [-0.2, 0) is 0 Å². The Morgan fingerprint density at radius 1 is 0.640 bits per heavy atom. The van der Waals surface area contributed by atoms with Crippen LogP contribution in [0.1, 0.15) is 56.4 Å². The molecule has 0 N–H and O–H groups in total. The summed E-state index contributed by atoms with van der Waals surface area (Å²) in [6, 6.07) is 13.1. The first-order valence-electron chi connectivity index (χ1n) is 8.70. The van der Waals surface area contributed by atoms with E-state index in [9.17, 15) is 0 Å². The molecule has 0 aliphatic rings. The summed E-state index contributed by atoms with van der Waals surface area (Å²) in [6.07, 6.45) is 0.937. The van der Waals surface area contributed by atoms with Crippen LogP contribution in [0.4, 0.5) is 0 Å². The predicted molar refractivity (Wildman–Crippen MR) is 115 cm³/mol. The molecule has 0 nitrogen and oxygen atoms in total. The molecule has 25 heavy (non-hydrogen) atoms. The van der Waals surface area contributed by atoms with Gasteiger partial charge >= 0.3 is 0 Å². The summed E-state index contributed by atoms with van der Waals surface area (Å²) in [5.74, 6) is 0. The average molecular weight is 328 g/mol. The summed E-state index contributed by atoms with van der Waals surface area (Å²) >= 11 is 0. The molecule has 0 radical (unpaired) electrons. The second-order valence-corrected chi connectivity index (χ2v) is 6.82. The van der Waals surface area contributed by atoms with Crippen molar-refractivity contribution >= 4 is 22.3 Å². The number of hydrogen-bond acceptors (Lipinski definition) is 0. The van der Waals surface area contributed by atoms with Gasteiger partial charge in [0.25, 0.3) is 0 Å². The van der Waals surface area contributed by atoms with Crippen LogP contribution in [0.5, 0.6) is 0 Å². The molecule has 2 rings (SSSR count). The summed E-state index contributed by atoms with van der Waals surface area (Å²) < 4.78 is 0. The Kier molecular flexibility index (Phi) is 5.64. The Morgan fingerprint density at radius 3 is 1.44 bits per heavy atom. The second kappa shape index (κ2) is 7.53. The highest BCUT2D eigenvalue weighted by molar-refractivity contribution is 5.84. The largest absolute Gasteiger partial charge is 0.0955 e. The van der Waals surface area contributed by atoms with E-state index in [4.69, 9.17) is 0 Å². The summed E-state index contributed by atoms with van der Waals surface area (Å²) in [6.45, 7) is 24.8. The van der Waals surface area contributed by atoms with Gasteiger partial charge in [-0.25, -0.2) is 0 Å². The first-order valence-corrected chi connectivity index (χ1v) is 8.70. The van der Waals surface area contributed by atoms with E-state index in [1.807, 2.05) is 13.8 Å². The van der Waals surface area contributed by atoms with Crippen LogP contribution in [0.2, 0.25) is 0 Å². The summed E-state index contributed by atoms with van der Waals surface area (Å²) in [7, 11) is 0. The maximum absolute atomic E-state index is 4.19. The van der Waals surface area contributed by atoms with Crippen LogP contribution >= 0.6 is 0 Å². The van der Waals surface area contributed by atoms with Crippen LogP contribution in [-0.4, -0.2) is 0 Å². The molecule has 2 aromatic carbocycles. The van der Waals surface area contributed by atoms with Gasteiger partial charge in [0.1, 0.15) is 0 Å². The van der Waals surface area contributed by atoms with Crippen LogP contribution in [0.25, 0.3) is 33.4 Å². The third-order valence-electron chi connectivity index (χ3n) is 4.56. The third-order valence-corrected chi connectivity index (χ3v) is 4.56. The lowest BCUT2D eigenvalue weighted by Gasteiger charge is -2.15. The number of rotatable bonds is 6. The number of benzene rings is 2. The highest BCUT2D eigenvalue weighted by Gasteiger charge is 2.11. The maximum atomic E-state index is 4.19. The molecule has 0 aliphatic heterocycles. The Balaban J connectivity index is 2.63. The van der Waals surface area contributed by atoms with Gasteiger partial charge in [-0.05, 0) is 78.3 Å². The Morgan fingerprint density at radius 2 is 1.04 bits per heavy atom. The maximum Gasteiger partial charge on any atom is -0.0152 e. The van der Waals surface area contributed by atoms with Crippen molar-refractivity contribution in [1.29, 1.82) is 0 Å². The standard InChI is InChI=1S/C25H28/c1-9-19(8)23-13-11-21(15-25(23)18(6)7)20-10-12-22(16(2)3)24(14-20)17(4)5/h10-15H,2,4,6,8-9H2,1,3,5,7H3. The van der Waals surface area contributed by atoms with E-state index in [1.54, 1.807) is 0 Å². The van der Waals surface area contributed by atoms with Crippen LogP contribution in [0, 0.1) is 0 Å². The zero-order valence-corrected chi connectivity index (χ0v) is 16.0. The minimum absolute atomic E-state index is 0.937. The van der Waals surface area contributed by atoms with E-state index in [2.05, 4.69) is 76.6 Å². The molecule has 0 aliphatic carbocycles. The minimum Gasteiger partial charge on any atom is -0.0955 e. The van der Waals surface area contributed by atoms with Crippen molar-refractivity contribution in [3.05, 3.63) is 85.0 Å². The quantitative estimate of drug-likeness (QED) is 0.506. The number of hydrogen-bond donors (Lipinski definition) is 0. The Hall–Kier alpha value is -2.60. The van der Waals surface area contributed by atoms with E-state index < -0.39 is 0 Å². The molecule has 0 heteroatoms. The minimum atomic E-state index is 0.937. The van der Waals surface area contributed by atoms with Crippen molar-refractivity contribution in [1.82, 2.24) is 0 Å². The SMILES string of the molecule is C=C(C)c1ccc(-c2ccc(C(=C)CC)c(C(=C)C)c2)cc1C(=C)C. The van der Waals surface area contributed by atoms with Gasteiger partial charge in [-0.1, -0.05) is 74.2 Å². The van der Waals surface area contributed by atoms with Gasteiger partial charge in [0.05, 0.1) is 0 Å². The molecule has 128 valence electrons. The van der Waals surface area contributed by atoms with Gasteiger partial charge < -0.3 is 0 Å². The fraction of sp³-hybridized carbons (Fsp3) is 0.200. The summed E-state index contributed by atoms with van der Waals surface area (Å²) in [5, 5.41) is 0. The highest BCUT2D eigenvalue weighted by atomic mass is 14.2. The highest BCUT2D eigenvalue weighted by Crippen LogP contribution is 2.33. The topological polar surface area (TPSA) is 0 Å². The van der Waals surface area contributed by atoms with Crippen LogP contribution in [0.15, 0.2) is 62.7 Å². The molecular formula is C25H28. The number of allylic oxidation sites excluding steroid dienone is 4. The van der Waals surface area contributed by atoms with Gasteiger partial charge in [-0.15, -0.1) is 0 Å². The molecule has 0 spiro atoms. The lowest BCUT2D eigenvalue weighted by molar-refractivity contribution is 1.24. The molecule has 0 saturated heterocycles. The molecule has 0 amide bonds. The van der Waals surface area contributed by atoms with Crippen molar-refractivity contribution in [2.24, 2.45) is 0 Å². The molecule has 0 aromatic heterocycles. The monoisotopic (exact) mass is 328 g/mol. The smallest absolute Gasteiger partial charge is 0.0152 e. The van der Waals surface area contributed by atoms with Crippen LogP contribution < -0.4 is 0 Å². The normalized spacial score (nSPS) is 10.4. The van der Waals surface area contributed by atoms with E-state index in [-0.39, 0.29) is 0 Å². The zero-order valence-electron chi connectivity index (χ0n) is 16.0. The van der Waals surface area contributed by atoms with Crippen molar-refractivity contribution in [2.75, 3.05) is 0 Å². The first kappa shape index (κ1) is 18.7. The summed E-state index contributed by atoms with van der Waals surface area (Å²) in [4.78, 5) is 0. The van der Waals surface area contributed by atoms with E-state index >= 15 is 0 Å². The average Bonchev–Trinajstić information content (AvgIpc) is 2.59. The van der Waals surface area contributed by atoms with E-state index in [1.165, 1.54) is 22.3 Å². The van der Waals surface area contributed by atoms with Crippen molar-refractivity contribution in [2.45, 2.75) is 34.1 Å². The lowest BCUT2D eigenvalue weighted by Crippen LogP contribution is -1.93. The van der Waals surface area contributed by atoms with Gasteiger partial charge in [0.2, 0.25) is 0 Å². The molecule has 0 atom stereocenters. The molecule has 2 aromatic rings. The van der Waals surface area contributed by atoms with E-state index in [0.717, 1.165) is 39.8 Å². The van der Waals surface area contributed by atoms with Crippen molar-refractivity contribution in [3.63, 3.8) is 0 Å².